The molecule has 1 aliphatic rings. The van der Waals surface area contributed by atoms with Crippen LogP contribution in [0.4, 0.5) is 0 Å². The van der Waals surface area contributed by atoms with E-state index in [0.29, 0.717) is 36.8 Å². The summed E-state index contributed by atoms with van der Waals surface area (Å²) < 4.78 is 13.3. The summed E-state index contributed by atoms with van der Waals surface area (Å²) in [6.07, 6.45) is 0. The summed E-state index contributed by atoms with van der Waals surface area (Å²) in [5.74, 6) is 1.76. The number of aromatic nitrogens is 2. The second-order valence-corrected chi connectivity index (χ2v) is 5.77. The second-order valence-electron chi connectivity index (χ2n) is 5.77. The fourth-order valence-electron chi connectivity index (χ4n) is 3.12. The van der Waals surface area contributed by atoms with Gasteiger partial charge in [0.1, 0.15) is 19.0 Å². The molecule has 0 bridgehead atoms. The van der Waals surface area contributed by atoms with Gasteiger partial charge in [-0.15, -0.1) is 0 Å². The lowest BCUT2D eigenvalue weighted by molar-refractivity contribution is 0.0938. The first kappa shape index (κ1) is 15.5. The molecule has 0 saturated heterocycles. The first-order valence-electron chi connectivity index (χ1n) is 8.39. The summed E-state index contributed by atoms with van der Waals surface area (Å²) in [5.41, 5.74) is 2.49. The average molecular weight is 337 g/mol. The highest BCUT2D eigenvalue weighted by molar-refractivity contribution is 5.97. The third kappa shape index (κ3) is 2.80. The van der Waals surface area contributed by atoms with Crippen LogP contribution in [0.1, 0.15) is 23.1 Å². The topological polar surface area (TPSA) is 65.4 Å². The molecule has 6 nitrogen and oxygen atoms in total. The molecule has 1 amide bonds. The molecule has 1 N–H and O–H groups in total. The number of para-hydroxylation sites is 3. The highest BCUT2D eigenvalue weighted by Crippen LogP contribution is 2.33. The van der Waals surface area contributed by atoms with Gasteiger partial charge < -0.3 is 19.4 Å². The number of carbonyl (C=O) groups excluding carboxylic acids is 1. The maximum atomic E-state index is 12.6. The highest BCUT2D eigenvalue weighted by Gasteiger charge is 2.20. The Labute approximate surface area is 145 Å². The van der Waals surface area contributed by atoms with Crippen LogP contribution in [-0.4, -0.2) is 28.7 Å². The Kier molecular flexibility index (Phi) is 4.01. The number of hydrogen-bond acceptors (Lipinski definition) is 4. The summed E-state index contributed by atoms with van der Waals surface area (Å²) in [5, 5.41) is 2.94. The second kappa shape index (κ2) is 6.47. The van der Waals surface area contributed by atoms with E-state index >= 15 is 0 Å². The predicted molar refractivity (Wildman–Crippen MR) is 94.0 cm³/mol. The number of imidazole rings is 1. The summed E-state index contributed by atoms with van der Waals surface area (Å²) >= 11 is 0. The van der Waals surface area contributed by atoms with E-state index in [1.807, 2.05) is 30.3 Å². The van der Waals surface area contributed by atoms with Gasteiger partial charge >= 0.3 is 0 Å². The van der Waals surface area contributed by atoms with Gasteiger partial charge in [-0.3, -0.25) is 4.79 Å². The summed E-state index contributed by atoms with van der Waals surface area (Å²) in [4.78, 5) is 17.2. The maximum absolute atomic E-state index is 12.6. The quantitative estimate of drug-likeness (QED) is 0.795. The number of amides is 1. The molecule has 2 aromatic carbocycles. The summed E-state index contributed by atoms with van der Waals surface area (Å²) in [6, 6.07) is 13.3. The van der Waals surface area contributed by atoms with Crippen molar-refractivity contribution in [3.63, 3.8) is 0 Å². The van der Waals surface area contributed by atoms with E-state index in [9.17, 15) is 4.79 Å². The van der Waals surface area contributed by atoms with Gasteiger partial charge in [0.2, 0.25) is 0 Å². The molecule has 128 valence electrons. The van der Waals surface area contributed by atoms with Crippen molar-refractivity contribution >= 4 is 16.9 Å². The van der Waals surface area contributed by atoms with Crippen LogP contribution in [0.25, 0.3) is 11.0 Å². The van der Waals surface area contributed by atoms with Gasteiger partial charge in [0, 0.05) is 6.54 Å². The Hall–Kier alpha value is -3.02. The van der Waals surface area contributed by atoms with Crippen LogP contribution in [0.2, 0.25) is 0 Å². The highest BCUT2D eigenvalue weighted by atomic mass is 16.6. The molecule has 0 radical (unpaired) electrons. The smallest absolute Gasteiger partial charge is 0.255 e. The van der Waals surface area contributed by atoms with Crippen LogP contribution in [0.3, 0.4) is 0 Å². The van der Waals surface area contributed by atoms with Crippen LogP contribution in [-0.2, 0) is 13.1 Å². The molecule has 25 heavy (non-hydrogen) atoms. The molecule has 1 aliphatic heterocycles. The van der Waals surface area contributed by atoms with Crippen molar-refractivity contribution in [3.8, 4) is 11.5 Å². The molecule has 0 aliphatic carbocycles. The van der Waals surface area contributed by atoms with Crippen molar-refractivity contribution in [2.24, 2.45) is 0 Å². The van der Waals surface area contributed by atoms with Gasteiger partial charge in [0.25, 0.3) is 5.91 Å². The third-order valence-electron chi connectivity index (χ3n) is 4.27. The normalized spacial score (nSPS) is 13.0. The number of aryl methyl sites for hydroxylation is 1. The fraction of sp³-hybridized carbons (Fsp3) is 0.263. The number of fused-ring (bicyclic) bond motifs is 2. The van der Waals surface area contributed by atoms with Crippen molar-refractivity contribution in [3.05, 3.63) is 53.9 Å². The van der Waals surface area contributed by atoms with E-state index in [-0.39, 0.29) is 5.91 Å². The number of ether oxygens (including phenoxy) is 2. The number of nitrogens with zero attached hydrogens (tertiary/aromatic N) is 2. The zero-order valence-electron chi connectivity index (χ0n) is 14.0. The zero-order valence-corrected chi connectivity index (χ0v) is 14.0. The first-order valence-corrected chi connectivity index (χ1v) is 8.39. The average Bonchev–Trinajstić information content (AvgIpc) is 3.03. The van der Waals surface area contributed by atoms with Gasteiger partial charge in [-0.25, -0.2) is 4.98 Å². The predicted octanol–water partition coefficient (Wildman–Crippen LogP) is 2.76. The van der Waals surface area contributed by atoms with E-state index in [0.717, 1.165) is 23.4 Å². The number of nitrogens with one attached hydrogen (secondary N) is 1. The largest absolute Gasteiger partial charge is 0.486 e. The molecular formula is C19H19N3O3. The van der Waals surface area contributed by atoms with Gasteiger partial charge in [0.15, 0.2) is 11.5 Å². The van der Waals surface area contributed by atoms with Crippen LogP contribution >= 0.6 is 0 Å². The monoisotopic (exact) mass is 337 g/mol. The van der Waals surface area contributed by atoms with Gasteiger partial charge in [-0.05, 0) is 31.2 Å². The lowest BCUT2D eigenvalue weighted by atomic mass is 10.1. The minimum Gasteiger partial charge on any atom is -0.486 e. The Morgan fingerprint density at radius 2 is 2.00 bits per heavy atom. The van der Waals surface area contributed by atoms with Crippen LogP contribution in [0.5, 0.6) is 11.5 Å². The van der Waals surface area contributed by atoms with Gasteiger partial charge in [-0.2, -0.15) is 0 Å². The van der Waals surface area contributed by atoms with Crippen LogP contribution < -0.4 is 14.8 Å². The molecule has 0 unspecified atom stereocenters. The van der Waals surface area contributed by atoms with E-state index in [1.165, 1.54) is 0 Å². The lowest BCUT2D eigenvalue weighted by Gasteiger charge is -2.20. The van der Waals surface area contributed by atoms with Crippen molar-refractivity contribution < 1.29 is 14.3 Å². The molecule has 0 fully saturated rings. The molecule has 4 rings (SSSR count). The Morgan fingerprint density at radius 1 is 1.16 bits per heavy atom. The standard InChI is InChI=1S/C19H19N3O3/c1-2-22-15-8-4-3-7-14(15)21-17(22)12-20-19(23)13-6-5-9-16-18(13)25-11-10-24-16/h3-9H,2,10-12H2,1H3,(H,20,23). The molecule has 6 heteroatoms. The van der Waals surface area contributed by atoms with Gasteiger partial charge in [0.05, 0.1) is 23.1 Å². The van der Waals surface area contributed by atoms with Gasteiger partial charge in [-0.1, -0.05) is 18.2 Å². The molecule has 0 spiro atoms. The van der Waals surface area contributed by atoms with Crippen LogP contribution in [0, 0.1) is 0 Å². The van der Waals surface area contributed by atoms with E-state index in [1.54, 1.807) is 12.1 Å². The minimum absolute atomic E-state index is 0.197. The Balaban J connectivity index is 1.57. The number of carbonyl (C=O) groups is 1. The molecule has 0 saturated carbocycles. The Bertz CT molecular complexity index is 933. The van der Waals surface area contributed by atoms with E-state index in [4.69, 9.17) is 9.47 Å². The number of hydrogen-bond donors (Lipinski definition) is 1. The lowest BCUT2D eigenvalue weighted by Crippen LogP contribution is -2.26. The van der Waals surface area contributed by atoms with Crippen LogP contribution in [0.15, 0.2) is 42.5 Å². The molecule has 1 aromatic heterocycles. The molecule has 2 heterocycles. The number of benzene rings is 2. The van der Waals surface area contributed by atoms with Crippen molar-refractivity contribution in [1.82, 2.24) is 14.9 Å². The molecule has 3 aromatic rings. The zero-order chi connectivity index (χ0) is 17.2. The molecular weight excluding hydrogens is 318 g/mol. The van der Waals surface area contributed by atoms with Crippen molar-refractivity contribution in [1.29, 1.82) is 0 Å². The minimum atomic E-state index is -0.197. The van der Waals surface area contributed by atoms with E-state index in [2.05, 4.69) is 21.8 Å². The summed E-state index contributed by atoms with van der Waals surface area (Å²) in [7, 11) is 0. The first-order chi connectivity index (χ1) is 12.3. The summed E-state index contributed by atoms with van der Waals surface area (Å²) in [6.45, 7) is 4.16. The van der Waals surface area contributed by atoms with E-state index < -0.39 is 0 Å². The Morgan fingerprint density at radius 3 is 2.88 bits per heavy atom. The van der Waals surface area contributed by atoms with Crippen molar-refractivity contribution in [2.75, 3.05) is 13.2 Å². The molecule has 0 atom stereocenters. The van der Waals surface area contributed by atoms with Crippen molar-refractivity contribution in [2.45, 2.75) is 20.0 Å². The fourth-order valence-corrected chi connectivity index (χ4v) is 3.12. The third-order valence-corrected chi connectivity index (χ3v) is 4.27. The maximum Gasteiger partial charge on any atom is 0.255 e. The number of rotatable bonds is 4. The SMILES string of the molecule is CCn1c(CNC(=O)c2cccc3c2OCCO3)nc2ccccc21.